The summed E-state index contributed by atoms with van der Waals surface area (Å²) >= 11 is 0. The van der Waals surface area contributed by atoms with E-state index in [1.54, 1.807) is 0 Å². The second-order valence-electron chi connectivity index (χ2n) is 4.70. The highest BCUT2D eigenvalue weighted by Gasteiger charge is 2.24. The van der Waals surface area contributed by atoms with Crippen molar-refractivity contribution in [2.75, 3.05) is 7.11 Å². The van der Waals surface area contributed by atoms with Gasteiger partial charge in [0.2, 0.25) is 0 Å². The third-order valence-electron chi connectivity index (χ3n) is 3.57. The number of esters is 1. The summed E-state index contributed by atoms with van der Waals surface area (Å²) in [6, 6.07) is 2.52. The Morgan fingerprint density at radius 1 is 1.50 bits per heavy atom. The van der Waals surface area contributed by atoms with Crippen molar-refractivity contribution in [2.24, 2.45) is 0 Å². The molecule has 1 saturated carbocycles. The Morgan fingerprint density at radius 3 is 2.89 bits per heavy atom. The average Bonchev–Trinajstić information content (AvgIpc) is 2.63. The van der Waals surface area contributed by atoms with Crippen molar-refractivity contribution in [3.05, 3.63) is 23.7 Å². The number of hydrogen-bond donors (Lipinski definition) is 0. The minimum atomic E-state index is -0.441. The molecular formula is C13H15N3O2. The quantitative estimate of drug-likeness (QED) is 0.761. The van der Waals surface area contributed by atoms with Gasteiger partial charge in [0, 0.05) is 11.7 Å². The van der Waals surface area contributed by atoms with Crippen LogP contribution in [0.15, 0.2) is 12.3 Å². The van der Waals surface area contributed by atoms with Gasteiger partial charge < -0.3 is 9.30 Å². The highest BCUT2D eigenvalue weighted by molar-refractivity contribution is 5.89. The molecule has 0 N–H and O–H groups in total. The van der Waals surface area contributed by atoms with Crippen molar-refractivity contribution >= 4 is 17.1 Å². The molecule has 94 valence electrons. The number of ether oxygens (including phenoxy) is 1. The van der Waals surface area contributed by atoms with Crippen molar-refractivity contribution in [3.8, 4) is 0 Å². The SMILES string of the molecule is COC(=O)c1cnc2cc(C)n(C3CCC3)c2n1. The van der Waals surface area contributed by atoms with Crippen molar-refractivity contribution in [1.82, 2.24) is 14.5 Å². The second kappa shape index (κ2) is 4.08. The molecule has 1 fully saturated rings. The maximum Gasteiger partial charge on any atom is 0.358 e. The molecule has 0 unspecified atom stereocenters. The molecule has 0 bridgehead atoms. The smallest absolute Gasteiger partial charge is 0.358 e. The van der Waals surface area contributed by atoms with Crippen LogP contribution < -0.4 is 0 Å². The fraction of sp³-hybridized carbons (Fsp3) is 0.462. The lowest BCUT2D eigenvalue weighted by atomic mass is 9.93. The normalized spacial score (nSPS) is 15.7. The zero-order chi connectivity index (χ0) is 12.7. The fourth-order valence-corrected chi connectivity index (χ4v) is 2.41. The van der Waals surface area contributed by atoms with Crippen LogP contribution in [0.5, 0.6) is 0 Å². The molecule has 3 rings (SSSR count). The third kappa shape index (κ3) is 1.58. The molecule has 0 atom stereocenters. The summed E-state index contributed by atoms with van der Waals surface area (Å²) in [4.78, 5) is 20.2. The Balaban J connectivity index is 2.15. The molecule has 5 nitrogen and oxygen atoms in total. The number of rotatable bonds is 2. The van der Waals surface area contributed by atoms with Gasteiger partial charge in [0.15, 0.2) is 11.3 Å². The highest BCUT2D eigenvalue weighted by Crippen LogP contribution is 2.35. The highest BCUT2D eigenvalue weighted by atomic mass is 16.5. The van der Waals surface area contributed by atoms with Crippen LogP contribution in [0.1, 0.15) is 41.5 Å². The van der Waals surface area contributed by atoms with Crippen molar-refractivity contribution in [1.29, 1.82) is 0 Å². The number of aromatic nitrogens is 3. The van der Waals surface area contributed by atoms with E-state index in [9.17, 15) is 4.79 Å². The van der Waals surface area contributed by atoms with Crippen LogP contribution in [0.2, 0.25) is 0 Å². The fourth-order valence-electron chi connectivity index (χ4n) is 2.41. The van der Waals surface area contributed by atoms with E-state index < -0.39 is 5.97 Å². The van der Waals surface area contributed by atoms with Crippen LogP contribution in [-0.2, 0) is 4.74 Å². The number of methoxy groups -OCH3 is 1. The van der Waals surface area contributed by atoms with E-state index in [1.165, 1.54) is 32.6 Å². The monoisotopic (exact) mass is 245 g/mol. The zero-order valence-corrected chi connectivity index (χ0v) is 10.5. The van der Waals surface area contributed by atoms with E-state index in [2.05, 4.69) is 26.2 Å². The lowest BCUT2D eigenvalue weighted by Gasteiger charge is -2.28. The van der Waals surface area contributed by atoms with Gasteiger partial charge in [-0.25, -0.2) is 9.78 Å². The maximum atomic E-state index is 11.5. The van der Waals surface area contributed by atoms with Gasteiger partial charge in [-0.05, 0) is 32.3 Å². The average molecular weight is 245 g/mol. The van der Waals surface area contributed by atoms with Gasteiger partial charge >= 0.3 is 5.97 Å². The minimum absolute atomic E-state index is 0.267. The van der Waals surface area contributed by atoms with E-state index in [4.69, 9.17) is 0 Å². The first-order chi connectivity index (χ1) is 8.70. The number of nitrogens with zero attached hydrogens (tertiary/aromatic N) is 3. The molecule has 2 aromatic rings. The Morgan fingerprint density at radius 2 is 2.28 bits per heavy atom. The Bertz CT molecular complexity index is 614. The summed E-state index contributed by atoms with van der Waals surface area (Å²) in [6.07, 6.45) is 5.08. The van der Waals surface area contributed by atoms with Gasteiger partial charge in [0.25, 0.3) is 0 Å². The maximum absolute atomic E-state index is 11.5. The first kappa shape index (κ1) is 11.2. The molecule has 1 aliphatic carbocycles. The molecule has 18 heavy (non-hydrogen) atoms. The Labute approximate surface area is 105 Å². The number of aryl methyl sites for hydroxylation is 1. The molecule has 2 heterocycles. The zero-order valence-electron chi connectivity index (χ0n) is 10.5. The second-order valence-corrected chi connectivity index (χ2v) is 4.70. The molecule has 2 aromatic heterocycles. The van der Waals surface area contributed by atoms with E-state index in [0.717, 1.165) is 16.9 Å². The third-order valence-corrected chi connectivity index (χ3v) is 3.57. The summed E-state index contributed by atoms with van der Waals surface area (Å²) < 4.78 is 6.87. The lowest BCUT2D eigenvalue weighted by Crippen LogP contribution is -2.18. The molecule has 0 aromatic carbocycles. The van der Waals surface area contributed by atoms with Crippen LogP contribution in [-0.4, -0.2) is 27.6 Å². The molecule has 0 saturated heterocycles. The molecule has 0 amide bonds. The molecule has 0 aliphatic heterocycles. The molecule has 5 heteroatoms. The largest absolute Gasteiger partial charge is 0.464 e. The van der Waals surface area contributed by atoms with Crippen LogP contribution in [0.3, 0.4) is 0 Å². The lowest BCUT2D eigenvalue weighted by molar-refractivity contribution is 0.0594. The van der Waals surface area contributed by atoms with E-state index in [1.807, 2.05) is 6.07 Å². The number of carbonyl (C=O) groups excluding carboxylic acids is 1. The summed E-state index contributed by atoms with van der Waals surface area (Å²) in [6.45, 7) is 2.06. The standard InChI is InChI=1S/C13H15N3O2/c1-8-6-10-12(16(8)9-4-3-5-9)15-11(7-14-10)13(17)18-2/h6-7,9H,3-5H2,1-2H3. The number of carbonyl (C=O) groups is 1. The first-order valence-electron chi connectivity index (χ1n) is 6.13. The summed E-state index contributed by atoms with van der Waals surface area (Å²) in [7, 11) is 1.35. The Kier molecular flexibility index (Phi) is 2.54. The van der Waals surface area contributed by atoms with E-state index in [-0.39, 0.29) is 5.69 Å². The first-order valence-corrected chi connectivity index (χ1v) is 6.13. The summed E-state index contributed by atoms with van der Waals surface area (Å²) in [5.74, 6) is -0.441. The summed E-state index contributed by atoms with van der Waals surface area (Å²) in [5.41, 5.74) is 3.05. The van der Waals surface area contributed by atoms with E-state index >= 15 is 0 Å². The molecule has 1 aliphatic rings. The van der Waals surface area contributed by atoms with Crippen LogP contribution >= 0.6 is 0 Å². The van der Waals surface area contributed by atoms with Gasteiger partial charge in [-0.1, -0.05) is 0 Å². The van der Waals surface area contributed by atoms with Gasteiger partial charge in [-0.2, -0.15) is 0 Å². The predicted octanol–water partition coefficient (Wildman–Crippen LogP) is 2.25. The Hall–Kier alpha value is -1.91. The molecule has 0 spiro atoms. The predicted molar refractivity (Wildman–Crippen MR) is 66.5 cm³/mol. The summed E-state index contributed by atoms with van der Waals surface area (Å²) in [5, 5.41) is 0. The van der Waals surface area contributed by atoms with E-state index in [0.29, 0.717) is 6.04 Å². The number of fused-ring (bicyclic) bond motifs is 1. The van der Waals surface area contributed by atoms with Gasteiger partial charge in [0.05, 0.1) is 13.3 Å². The van der Waals surface area contributed by atoms with Crippen LogP contribution in [0.4, 0.5) is 0 Å². The van der Waals surface area contributed by atoms with Gasteiger partial charge in [-0.15, -0.1) is 0 Å². The molecular weight excluding hydrogens is 230 g/mol. The van der Waals surface area contributed by atoms with Crippen molar-refractivity contribution in [2.45, 2.75) is 32.2 Å². The van der Waals surface area contributed by atoms with Crippen LogP contribution in [0, 0.1) is 6.92 Å². The number of hydrogen-bond acceptors (Lipinski definition) is 4. The molecule has 0 radical (unpaired) electrons. The van der Waals surface area contributed by atoms with Gasteiger partial charge in [0.1, 0.15) is 5.52 Å². The van der Waals surface area contributed by atoms with Gasteiger partial charge in [-0.3, -0.25) is 4.98 Å². The van der Waals surface area contributed by atoms with Crippen molar-refractivity contribution in [3.63, 3.8) is 0 Å². The topological polar surface area (TPSA) is 57.0 Å². The van der Waals surface area contributed by atoms with Crippen LogP contribution in [0.25, 0.3) is 11.2 Å². The minimum Gasteiger partial charge on any atom is -0.464 e. The van der Waals surface area contributed by atoms with Crippen molar-refractivity contribution < 1.29 is 9.53 Å².